The van der Waals surface area contributed by atoms with Crippen LogP contribution in [-0.4, -0.2) is 30.1 Å². The summed E-state index contributed by atoms with van der Waals surface area (Å²) in [7, 11) is 0. The molecule has 2 unspecified atom stereocenters. The minimum atomic E-state index is 0.0867. The Morgan fingerprint density at radius 2 is 1.95 bits per heavy atom. The van der Waals surface area contributed by atoms with Crippen molar-refractivity contribution < 1.29 is 4.74 Å². The third-order valence-corrected chi connectivity index (χ3v) is 4.05. The molecule has 1 aliphatic heterocycles. The Hall–Kier alpha value is -1.06. The van der Waals surface area contributed by atoms with Gasteiger partial charge in [-0.1, -0.05) is 18.6 Å². The molecule has 1 aliphatic rings. The van der Waals surface area contributed by atoms with Gasteiger partial charge in [0, 0.05) is 18.6 Å². The predicted octanol–water partition coefficient (Wildman–Crippen LogP) is 3.35. The molecule has 3 heteroatoms. The highest BCUT2D eigenvalue weighted by atomic mass is 16.5. The van der Waals surface area contributed by atoms with Crippen molar-refractivity contribution in [3.8, 4) is 5.75 Å². The van der Waals surface area contributed by atoms with Gasteiger partial charge in [-0.05, 0) is 57.9 Å². The van der Waals surface area contributed by atoms with E-state index in [1.807, 2.05) is 26.0 Å². The lowest BCUT2D eigenvalue weighted by Crippen LogP contribution is -2.41. The molecular weight excluding hydrogens is 248 g/mol. The van der Waals surface area contributed by atoms with Crippen LogP contribution < -0.4 is 10.5 Å². The van der Waals surface area contributed by atoms with Crippen molar-refractivity contribution in [3.63, 3.8) is 0 Å². The average molecular weight is 276 g/mol. The molecule has 1 aromatic rings. The fourth-order valence-electron chi connectivity index (χ4n) is 2.85. The van der Waals surface area contributed by atoms with Crippen LogP contribution in [0.5, 0.6) is 5.75 Å². The number of piperidine rings is 1. The summed E-state index contributed by atoms with van der Waals surface area (Å²) in [6.45, 7) is 8.52. The topological polar surface area (TPSA) is 38.5 Å². The molecular formula is C17H28N2O. The third kappa shape index (κ3) is 4.22. The molecule has 2 N–H and O–H groups in total. The normalized spacial score (nSPS) is 21.9. The molecule has 0 spiro atoms. The van der Waals surface area contributed by atoms with Gasteiger partial charge >= 0.3 is 0 Å². The van der Waals surface area contributed by atoms with Gasteiger partial charge in [0.15, 0.2) is 0 Å². The van der Waals surface area contributed by atoms with E-state index in [0.29, 0.717) is 6.04 Å². The lowest BCUT2D eigenvalue weighted by Gasteiger charge is -2.35. The Morgan fingerprint density at radius 3 is 2.55 bits per heavy atom. The summed E-state index contributed by atoms with van der Waals surface area (Å²) in [4.78, 5) is 2.52. The lowest BCUT2D eigenvalue weighted by molar-refractivity contribution is 0.151. The van der Waals surface area contributed by atoms with E-state index in [4.69, 9.17) is 10.5 Å². The van der Waals surface area contributed by atoms with E-state index in [1.165, 1.54) is 31.4 Å². The third-order valence-electron chi connectivity index (χ3n) is 4.05. The van der Waals surface area contributed by atoms with Gasteiger partial charge in [0.05, 0.1) is 6.10 Å². The SMILES string of the molecule is CC(C)Oc1ccc(C(N)CN2CCCCC2C)cc1. The summed E-state index contributed by atoms with van der Waals surface area (Å²) >= 11 is 0. The van der Waals surface area contributed by atoms with Gasteiger partial charge in [0.25, 0.3) is 0 Å². The molecule has 2 rings (SSSR count). The first-order valence-corrected chi connectivity index (χ1v) is 7.82. The molecule has 3 nitrogen and oxygen atoms in total. The molecule has 2 atom stereocenters. The van der Waals surface area contributed by atoms with Crippen molar-refractivity contribution in [2.75, 3.05) is 13.1 Å². The summed E-state index contributed by atoms with van der Waals surface area (Å²) in [5, 5.41) is 0. The van der Waals surface area contributed by atoms with E-state index < -0.39 is 0 Å². The van der Waals surface area contributed by atoms with E-state index >= 15 is 0 Å². The van der Waals surface area contributed by atoms with Crippen molar-refractivity contribution in [1.29, 1.82) is 0 Å². The molecule has 0 amide bonds. The number of nitrogens with zero attached hydrogens (tertiary/aromatic N) is 1. The molecule has 0 aromatic heterocycles. The van der Waals surface area contributed by atoms with Crippen LogP contribution >= 0.6 is 0 Å². The first-order chi connectivity index (χ1) is 9.56. The first kappa shape index (κ1) is 15.3. The monoisotopic (exact) mass is 276 g/mol. The minimum Gasteiger partial charge on any atom is -0.491 e. The van der Waals surface area contributed by atoms with Crippen LogP contribution in [0.1, 0.15) is 51.6 Å². The summed E-state index contributed by atoms with van der Waals surface area (Å²) in [5.74, 6) is 0.919. The second kappa shape index (κ2) is 7.09. The highest BCUT2D eigenvalue weighted by Gasteiger charge is 2.20. The number of rotatable bonds is 5. The Balaban J connectivity index is 1.93. The minimum absolute atomic E-state index is 0.0867. The predicted molar refractivity (Wildman–Crippen MR) is 84.0 cm³/mol. The fourth-order valence-corrected chi connectivity index (χ4v) is 2.85. The maximum absolute atomic E-state index is 6.36. The Labute approximate surface area is 123 Å². The van der Waals surface area contributed by atoms with Crippen LogP contribution in [0.3, 0.4) is 0 Å². The molecule has 1 aromatic carbocycles. The molecule has 1 fully saturated rings. The van der Waals surface area contributed by atoms with Gasteiger partial charge in [-0.3, -0.25) is 4.90 Å². The standard InChI is InChI=1S/C17H28N2O/c1-13(2)20-16-9-7-15(8-10-16)17(18)12-19-11-5-4-6-14(19)3/h7-10,13-14,17H,4-6,11-12,18H2,1-3H3. The maximum Gasteiger partial charge on any atom is 0.119 e. The van der Waals surface area contributed by atoms with E-state index in [0.717, 1.165) is 12.3 Å². The van der Waals surface area contributed by atoms with Gasteiger partial charge in [-0.15, -0.1) is 0 Å². The van der Waals surface area contributed by atoms with Crippen LogP contribution in [0.4, 0.5) is 0 Å². The van der Waals surface area contributed by atoms with Crippen LogP contribution in [-0.2, 0) is 0 Å². The van der Waals surface area contributed by atoms with E-state index in [1.54, 1.807) is 0 Å². The highest BCUT2D eigenvalue weighted by Crippen LogP contribution is 2.22. The van der Waals surface area contributed by atoms with E-state index in [9.17, 15) is 0 Å². The van der Waals surface area contributed by atoms with Gasteiger partial charge < -0.3 is 10.5 Å². The fraction of sp³-hybridized carbons (Fsp3) is 0.647. The van der Waals surface area contributed by atoms with Crippen molar-refractivity contribution in [2.45, 2.75) is 58.2 Å². The lowest BCUT2D eigenvalue weighted by atomic mass is 10.0. The van der Waals surface area contributed by atoms with Gasteiger partial charge in [0.2, 0.25) is 0 Å². The zero-order chi connectivity index (χ0) is 14.5. The second-order valence-electron chi connectivity index (χ2n) is 6.18. The van der Waals surface area contributed by atoms with E-state index in [-0.39, 0.29) is 12.1 Å². The average Bonchev–Trinajstić information content (AvgIpc) is 2.41. The molecule has 0 radical (unpaired) electrons. The van der Waals surface area contributed by atoms with Gasteiger partial charge in [-0.2, -0.15) is 0 Å². The number of hydrogen-bond donors (Lipinski definition) is 1. The van der Waals surface area contributed by atoms with Gasteiger partial charge in [-0.25, -0.2) is 0 Å². The molecule has 0 aliphatic carbocycles. The molecule has 1 saturated heterocycles. The summed E-state index contributed by atoms with van der Waals surface area (Å²) in [5.41, 5.74) is 7.55. The quantitative estimate of drug-likeness (QED) is 0.896. The number of benzene rings is 1. The second-order valence-corrected chi connectivity index (χ2v) is 6.18. The summed E-state index contributed by atoms with van der Waals surface area (Å²) in [6.07, 6.45) is 4.17. The van der Waals surface area contributed by atoms with Crippen molar-refractivity contribution in [1.82, 2.24) is 4.90 Å². The maximum atomic E-state index is 6.36. The van der Waals surface area contributed by atoms with Crippen molar-refractivity contribution >= 4 is 0 Å². The molecule has 0 saturated carbocycles. The zero-order valence-corrected chi connectivity index (χ0v) is 13.0. The van der Waals surface area contributed by atoms with Gasteiger partial charge in [0.1, 0.15) is 5.75 Å². The number of ether oxygens (including phenoxy) is 1. The number of likely N-dealkylation sites (tertiary alicyclic amines) is 1. The number of nitrogens with two attached hydrogens (primary N) is 1. The van der Waals surface area contributed by atoms with Crippen LogP contribution in [0.15, 0.2) is 24.3 Å². The molecule has 112 valence electrons. The number of hydrogen-bond acceptors (Lipinski definition) is 3. The molecule has 1 heterocycles. The largest absolute Gasteiger partial charge is 0.491 e. The highest BCUT2D eigenvalue weighted by molar-refractivity contribution is 5.29. The Kier molecular flexibility index (Phi) is 5.44. The van der Waals surface area contributed by atoms with Crippen LogP contribution in [0, 0.1) is 0 Å². The van der Waals surface area contributed by atoms with Crippen LogP contribution in [0.25, 0.3) is 0 Å². The van der Waals surface area contributed by atoms with E-state index in [2.05, 4.69) is 24.0 Å². The Morgan fingerprint density at radius 1 is 1.25 bits per heavy atom. The zero-order valence-electron chi connectivity index (χ0n) is 13.0. The molecule has 20 heavy (non-hydrogen) atoms. The van der Waals surface area contributed by atoms with Crippen molar-refractivity contribution in [3.05, 3.63) is 29.8 Å². The smallest absolute Gasteiger partial charge is 0.119 e. The van der Waals surface area contributed by atoms with Crippen molar-refractivity contribution in [2.24, 2.45) is 5.73 Å². The Bertz CT molecular complexity index is 402. The van der Waals surface area contributed by atoms with Crippen LogP contribution in [0.2, 0.25) is 0 Å². The summed E-state index contributed by atoms with van der Waals surface area (Å²) < 4.78 is 5.66. The first-order valence-electron chi connectivity index (χ1n) is 7.82. The summed E-state index contributed by atoms with van der Waals surface area (Å²) in [6, 6.07) is 8.99. The molecule has 0 bridgehead atoms.